The van der Waals surface area contributed by atoms with Crippen LogP contribution in [0, 0.1) is 11.3 Å². The van der Waals surface area contributed by atoms with E-state index in [2.05, 4.69) is 20.9 Å². The molecule has 11 heavy (non-hydrogen) atoms. The molecule has 58 valence electrons. The summed E-state index contributed by atoms with van der Waals surface area (Å²) >= 11 is 3.17. The highest BCUT2D eigenvalue weighted by atomic mass is 79.9. The van der Waals surface area contributed by atoms with Crippen LogP contribution in [0.25, 0.3) is 0 Å². The molecule has 0 aromatic carbocycles. The average Bonchev–Trinajstić information content (AvgIpc) is 2.09. The van der Waals surface area contributed by atoms with Crippen molar-refractivity contribution in [3.05, 3.63) is 28.5 Å². The highest BCUT2D eigenvalue weighted by Crippen LogP contribution is 2.10. The number of pyridine rings is 1. The minimum Gasteiger partial charge on any atom is -0.244 e. The van der Waals surface area contributed by atoms with Gasteiger partial charge in [-0.25, -0.2) is 4.98 Å². The minimum atomic E-state index is 0.428. The predicted octanol–water partition coefficient (Wildman–Crippen LogP) is 2.74. The van der Waals surface area contributed by atoms with Gasteiger partial charge in [0, 0.05) is 6.20 Å². The summed E-state index contributed by atoms with van der Waals surface area (Å²) in [4.78, 5) is 3.79. The summed E-state index contributed by atoms with van der Waals surface area (Å²) in [5.41, 5.74) is 0.428. The van der Waals surface area contributed by atoms with Crippen LogP contribution in [0.4, 0.5) is 0 Å². The maximum absolute atomic E-state index is 8.38. The van der Waals surface area contributed by atoms with Crippen molar-refractivity contribution in [2.75, 3.05) is 0 Å². The second-order valence-corrected chi connectivity index (χ2v) is 2.30. The second kappa shape index (κ2) is 5.87. The first-order chi connectivity index (χ1) is 5.34. The van der Waals surface area contributed by atoms with Gasteiger partial charge in [0.25, 0.3) is 0 Å². The third kappa shape index (κ3) is 3.15. The predicted molar refractivity (Wildman–Crippen MR) is 48.0 cm³/mol. The normalized spacial score (nSPS) is 7.45. The molecule has 0 spiro atoms. The molecule has 0 aliphatic heterocycles. The zero-order chi connectivity index (χ0) is 8.69. The largest absolute Gasteiger partial charge is 0.244 e. The Morgan fingerprint density at radius 1 is 1.55 bits per heavy atom. The molecule has 0 aliphatic carbocycles. The third-order valence-corrected chi connectivity index (χ3v) is 1.50. The van der Waals surface area contributed by atoms with E-state index in [0.717, 1.165) is 4.47 Å². The van der Waals surface area contributed by atoms with Crippen molar-refractivity contribution in [2.45, 2.75) is 13.8 Å². The zero-order valence-corrected chi connectivity index (χ0v) is 8.09. The molecule has 1 rings (SSSR count). The van der Waals surface area contributed by atoms with Crippen molar-refractivity contribution < 1.29 is 0 Å². The van der Waals surface area contributed by atoms with E-state index in [1.807, 2.05) is 19.9 Å². The summed E-state index contributed by atoms with van der Waals surface area (Å²) in [5, 5.41) is 8.38. The van der Waals surface area contributed by atoms with Gasteiger partial charge >= 0.3 is 0 Å². The fraction of sp³-hybridized carbons (Fsp3) is 0.250. The van der Waals surface area contributed by atoms with Crippen LogP contribution in [0.15, 0.2) is 22.8 Å². The van der Waals surface area contributed by atoms with Crippen molar-refractivity contribution in [3.8, 4) is 6.07 Å². The van der Waals surface area contributed by atoms with Crippen LogP contribution in [0.2, 0.25) is 0 Å². The van der Waals surface area contributed by atoms with Crippen LogP contribution in [-0.4, -0.2) is 4.98 Å². The molecule has 1 aromatic heterocycles. The number of nitrogens with zero attached hydrogens (tertiary/aromatic N) is 2. The van der Waals surface area contributed by atoms with Gasteiger partial charge in [-0.2, -0.15) is 5.26 Å². The van der Waals surface area contributed by atoms with Crippen LogP contribution < -0.4 is 0 Å². The molecule has 0 unspecified atom stereocenters. The molecule has 1 aromatic rings. The Balaban J connectivity index is 0.000000461. The van der Waals surface area contributed by atoms with E-state index in [1.165, 1.54) is 0 Å². The lowest BCUT2D eigenvalue weighted by atomic mass is 10.4. The SMILES string of the molecule is CC.N#Cc1ncccc1Br. The molecule has 0 radical (unpaired) electrons. The maximum atomic E-state index is 8.38. The lowest BCUT2D eigenvalue weighted by molar-refractivity contribution is 1.24. The van der Waals surface area contributed by atoms with Gasteiger partial charge in [-0.3, -0.25) is 0 Å². The molecular formula is C8H9BrN2. The number of rotatable bonds is 0. The van der Waals surface area contributed by atoms with E-state index in [4.69, 9.17) is 5.26 Å². The molecule has 0 aliphatic rings. The fourth-order valence-electron chi connectivity index (χ4n) is 0.468. The Labute approximate surface area is 75.0 Å². The Morgan fingerprint density at radius 2 is 2.18 bits per heavy atom. The van der Waals surface area contributed by atoms with Gasteiger partial charge in [-0.15, -0.1) is 0 Å². The fourth-order valence-corrected chi connectivity index (χ4v) is 0.812. The van der Waals surface area contributed by atoms with Gasteiger partial charge in [0.05, 0.1) is 4.47 Å². The Bertz CT molecular complexity index is 253. The van der Waals surface area contributed by atoms with E-state index in [0.29, 0.717) is 5.69 Å². The maximum Gasteiger partial charge on any atom is 0.154 e. The smallest absolute Gasteiger partial charge is 0.154 e. The Hall–Kier alpha value is -0.880. The summed E-state index contributed by atoms with van der Waals surface area (Å²) < 4.78 is 0.743. The topological polar surface area (TPSA) is 36.7 Å². The Morgan fingerprint density at radius 3 is 2.55 bits per heavy atom. The third-order valence-electron chi connectivity index (χ3n) is 0.864. The molecule has 0 fully saturated rings. The number of halogens is 1. The van der Waals surface area contributed by atoms with Crippen molar-refractivity contribution in [1.29, 1.82) is 5.26 Å². The van der Waals surface area contributed by atoms with E-state index in [9.17, 15) is 0 Å². The zero-order valence-electron chi connectivity index (χ0n) is 6.50. The summed E-state index contributed by atoms with van der Waals surface area (Å²) in [7, 11) is 0. The lowest BCUT2D eigenvalue weighted by Gasteiger charge is -1.87. The van der Waals surface area contributed by atoms with Crippen molar-refractivity contribution in [1.82, 2.24) is 4.98 Å². The molecule has 0 bridgehead atoms. The Kier molecular flexibility index (Phi) is 5.40. The number of nitriles is 1. The molecule has 0 amide bonds. The molecule has 2 nitrogen and oxygen atoms in total. The van der Waals surface area contributed by atoms with Crippen LogP contribution in [-0.2, 0) is 0 Å². The second-order valence-electron chi connectivity index (χ2n) is 1.45. The molecular weight excluding hydrogens is 204 g/mol. The summed E-state index contributed by atoms with van der Waals surface area (Å²) in [6.07, 6.45) is 1.59. The van der Waals surface area contributed by atoms with Crippen molar-refractivity contribution in [2.24, 2.45) is 0 Å². The molecule has 0 saturated carbocycles. The van der Waals surface area contributed by atoms with Crippen LogP contribution in [0.3, 0.4) is 0 Å². The monoisotopic (exact) mass is 212 g/mol. The van der Waals surface area contributed by atoms with Gasteiger partial charge in [-0.05, 0) is 28.1 Å². The number of hydrogen-bond donors (Lipinski definition) is 0. The van der Waals surface area contributed by atoms with Crippen LogP contribution in [0.1, 0.15) is 19.5 Å². The van der Waals surface area contributed by atoms with Gasteiger partial charge in [0.2, 0.25) is 0 Å². The van der Waals surface area contributed by atoms with E-state index in [1.54, 1.807) is 18.3 Å². The van der Waals surface area contributed by atoms with Gasteiger partial charge in [0.15, 0.2) is 5.69 Å². The first-order valence-corrected chi connectivity index (χ1v) is 4.14. The van der Waals surface area contributed by atoms with Gasteiger partial charge in [0.1, 0.15) is 6.07 Å². The molecule has 3 heteroatoms. The highest BCUT2D eigenvalue weighted by Gasteiger charge is 1.94. The average molecular weight is 213 g/mol. The summed E-state index contributed by atoms with van der Waals surface area (Å²) in [6.45, 7) is 4.00. The molecule has 1 heterocycles. The first-order valence-electron chi connectivity index (χ1n) is 3.35. The number of hydrogen-bond acceptors (Lipinski definition) is 2. The summed E-state index contributed by atoms with van der Waals surface area (Å²) in [6, 6.07) is 5.49. The quantitative estimate of drug-likeness (QED) is 0.664. The van der Waals surface area contributed by atoms with Gasteiger partial charge < -0.3 is 0 Å². The molecule has 0 N–H and O–H groups in total. The minimum absolute atomic E-state index is 0.428. The van der Waals surface area contributed by atoms with Crippen LogP contribution >= 0.6 is 15.9 Å². The van der Waals surface area contributed by atoms with E-state index in [-0.39, 0.29) is 0 Å². The molecule has 0 atom stereocenters. The standard InChI is InChI=1S/C6H3BrN2.C2H6/c7-5-2-1-3-9-6(5)4-8;1-2/h1-3H;1-2H3. The lowest BCUT2D eigenvalue weighted by Crippen LogP contribution is -1.80. The van der Waals surface area contributed by atoms with Crippen molar-refractivity contribution in [3.63, 3.8) is 0 Å². The van der Waals surface area contributed by atoms with E-state index >= 15 is 0 Å². The number of aromatic nitrogens is 1. The highest BCUT2D eigenvalue weighted by molar-refractivity contribution is 9.10. The summed E-state index contributed by atoms with van der Waals surface area (Å²) in [5.74, 6) is 0. The van der Waals surface area contributed by atoms with E-state index < -0.39 is 0 Å². The first kappa shape index (κ1) is 10.1. The van der Waals surface area contributed by atoms with Crippen molar-refractivity contribution >= 4 is 15.9 Å². The molecule has 0 saturated heterocycles. The van der Waals surface area contributed by atoms with Gasteiger partial charge in [-0.1, -0.05) is 13.8 Å². The van der Waals surface area contributed by atoms with Crippen LogP contribution in [0.5, 0.6) is 0 Å².